The van der Waals surface area contributed by atoms with Crippen LogP contribution in [0, 0.1) is 12.7 Å². The summed E-state index contributed by atoms with van der Waals surface area (Å²) in [7, 11) is -2.62. The molecule has 0 saturated heterocycles. The molecule has 2 aromatic heterocycles. The van der Waals surface area contributed by atoms with Gasteiger partial charge in [0, 0.05) is 5.38 Å². The van der Waals surface area contributed by atoms with Crippen LogP contribution in [0.4, 0.5) is 4.39 Å². The summed E-state index contributed by atoms with van der Waals surface area (Å²) >= 11 is 2.63. The quantitative estimate of drug-likeness (QED) is 0.570. The van der Waals surface area contributed by atoms with Crippen LogP contribution < -0.4 is 4.72 Å². The van der Waals surface area contributed by atoms with Crippen molar-refractivity contribution in [3.05, 3.63) is 57.7 Å². The van der Waals surface area contributed by atoms with Crippen LogP contribution in [0.5, 0.6) is 0 Å². The summed E-state index contributed by atoms with van der Waals surface area (Å²) in [6.45, 7) is 1.89. The number of aromatic nitrogens is 1. The highest BCUT2D eigenvalue weighted by Crippen LogP contribution is 2.47. The third kappa shape index (κ3) is 3.97. The summed E-state index contributed by atoms with van der Waals surface area (Å²) in [6.07, 6.45) is 1.03. The normalized spacial score (nSPS) is 15.3. The first-order valence-corrected chi connectivity index (χ1v) is 11.9. The van der Waals surface area contributed by atoms with Gasteiger partial charge in [0.2, 0.25) is 0 Å². The smallest absolute Gasteiger partial charge is 0.337 e. The standard InChI is InChI=1S/C19H17FN2O4S3/c1-11-21-15(10-27-11)16-3-4-17(28-16)29(24,25)22-19(5-6-19)13-7-12(18(23)26-2)8-14(20)9-13/h3-4,7-10,22H,5-6H2,1-2H3. The summed E-state index contributed by atoms with van der Waals surface area (Å²) in [6, 6.07) is 7.06. The predicted octanol–water partition coefficient (Wildman–Crippen LogP) is 4.07. The van der Waals surface area contributed by atoms with Crippen LogP contribution >= 0.6 is 22.7 Å². The van der Waals surface area contributed by atoms with E-state index in [1.165, 1.54) is 30.6 Å². The molecule has 1 aromatic carbocycles. The summed E-state index contributed by atoms with van der Waals surface area (Å²) in [4.78, 5) is 16.9. The van der Waals surface area contributed by atoms with Gasteiger partial charge in [-0.3, -0.25) is 0 Å². The van der Waals surface area contributed by atoms with E-state index in [1.807, 2.05) is 12.3 Å². The number of nitrogens with zero attached hydrogens (tertiary/aromatic N) is 1. The van der Waals surface area contributed by atoms with Crippen molar-refractivity contribution in [1.82, 2.24) is 9.71 Å². The lowest BCUT2D eigenvalue weighted by Gasteiger charge is -2.18. The number of nitrogens with one attached hydrogen (secondary N) is 1. The Bertz CT molecular complexity index is 1200. The van der Waals surface area contributed by atoms with E-state index in [2.05, 4.69) is 14.4 Å². The molecule has 1 saturated carbocycles. The molecule has 0 radical (unpaired) electrons. The zero-order valence-electron chi connectivity index (χ0n) is 15.6. The third-order valence-corrected chi connectivity index (χ3v) is 8.58. The highest BCUT2D eigenvalue weighted by atomic mass is 32.2. The summed E-state index contributed by atoms with van der Waals surface area (Å²) in [5, 5.41) is 2.79. The van der Waals surface area contributed by atoms with E-state index in [1.54, 1.807) is 12.1 Å². The number of hydrogen-bond acceptors (Lipinski definition) is 7. The highest BCUT2D eigenvalue weighted by molar-refractivity contribution is 7.91. The number of benzene rings is 1. The Morgan fingerprint density at radius 3 is 2.66 bits per heavy atom. The van der Waals surface area contributed by atoms with Gasteiger partial charge in [0.15, 0.2) is 0 Å². The van der Waals surface area contributed by atoms with Gasteiger partial charge in [-0.25, -0.2) is 22.6 Å². The van der Waals surface area contributed by atoms with E-state index in [9.17, 15) is 17.6 Å². The predicted molar refractivity (Wildman–Crippen MR) is 109 cm³/mol. The Hall–Kier alpha value is -2.14. The molecule has 0 spiro atoms. The number of sulfonamides is 1. The van der Waals surface area contributed by atoms with Gasteiger partial charge in [-0.15, -0.1) is 22.7 Å². The molecule has 1 aliphatic rings. The number of carbonyl (C=O) groups is 1. The molecular formula is C19H17FN2O4S3. The van der Waals surface area contributed by atoms with Gasteiger partial charge < -0.3 is 4.74 Å². The Balaban J connectivity index is 1.62. The maximum atomic E-state index is 14.0. The average Bonchev–Trinajstić information content (AvgIpc) is 3.07. The molecule has 29 heavy (non-hydrogen) atoms. The zero-order valence-corrected chi connectivity index (χ0v) is 18.0. The fourth-order valence-electron chi connectivity index (χ4n) is 3.06. The number of hydrogen-bond donors (Lipinski definition) is 1. The Morgan fingerprint density at radius 1 is 1.28 bits per heavy atom. The van der Waals surface area contributed by atoms with Crippen molar-refractivity contribution >= 4 is 38.7 Å². The van der Waals surface area contributed by atoms with Gasteiger partial charge in [0.25, 0.3) is 10.0 Å². The lowest BCUT2D eigenvalue weighted by Crippen LogP contribution is -2.34. The molecule has 152 valence electrons. The third-order valence-electron chi connectivity index (χ3n) is 4.67. The van der Waals surface area contributed by atoms with Crippen molar-refractivity contribution in [3.63, 3.8) is 0 Å². The van der Waals surface area contributed by atoms with Crippen molar-refractivity contribution < 1.29 is 22.3 Å². The van der Waals surface area contributed by atoms with Crippen LogP contribution in [-0.4, -0.2) is 26.5 Å². The van der Waals surface area contributed by atoms with E-state index in [0.717, 1.165) is 33.0 Å². The number of halogens is 1. The Labute approximate surface area is 175 Å². The number of esters is 1. The van der Waals surface area contributed by atoms with Crippen molar-refractivity contribution in [3.8, 4) is 10.6 Å². The number of ether oxygens (including phenoxy) is 1. The molecule has 2 heterocycles. The largest absolute Gasteiger partial charge is 0.465 e. The second-order valence-corrected chi connectivity index (χ2v) is 10.8. The molecule has 10 heteroatoms. The van der Waals surface area contributed by atoms with Crippen LogP contribution in [0.15, 0.2) is 39.9 Å². The van der Waals surface area contributed by atoms with Crippen LogP contribution in [0.1, 0.15) is 33.8 Å². The molecular weight excluding hydrogens is 435 g/mol. The lowest BCUT2D eigenvalue weighted by atomic mass is 10.0. The number of aryl methyl sites for hydroxylation is 1. The van der Waals surface area contributed by atoms with Crippen molar-refractivity contribution in [1.29, 1.82) is 0 Å². The molecule has 1 N–H and O–H groups in total. The van der Waals surface area contributed by atoms with Gasteiger partial charge in [0.05, 0.1) is 33.8 Å². The van der Waals surface area contributed by atoms with Gasteiger partial charge in [-0.2, -0.15) is 4.72 Å². The summed E-state index contributed by atoms with van der Waals surface area (Å²) in [5.74, 6) is -1.29. The van der Waals surface area contributed by atoms with Crippen LogP contribution in [0.2, 0.25) is 0 Å². The van der Waals surface area contributed by atoms with Crippen molar-refractivity contribution in [2.75, 3.05) is 7.11 Å². The van der Waals surface area contributed by atoms with Crippen LogP contribution in [0.25, 0.3) is 10.6 Å². The zero-order chi connectivity index (χ0) is 20.8. The van der Waals surface area contributed by atoms with Gasteiger partial charge in [-0.1, -0.05) is 0 Å². The molecule has 0 aliphatic heterocycles. The minimum atomic E-state index is -3.83. The number of thiazole rings is 1. The van der Waals surface area contributed by atoms with Crippen molar-refractivity contribution in [2.24, 2.45) is 0 Å². The van der Waals surface area contributed by atoms with Crippen molar-refractivity contribution in [2.45, 2.75) is 29.5 Å². The minimum Gasteiger partial charge on any atom is -0.465 e. The van der Waals surface area contributed by atoms with Gasteiger partial charge >= 0.3 is 5.97 Å². The number of rotatable bonds is 6. The maximum absolute atomic E-state index is 14.0. The molecule has 0 atom stereocenters. The Kier molecular flexibility index (Phi) is 5.06. The first-order chi connectivity index (χ1) is 13.7. The molecule has 0 bridgehead atoms. The summed E-state index contributed by atoms with van der Waals surface area (Å²) < 4.78 is 47.5. The maximum Gasteiger partial charge on any atom is 0.337 e. The highest BCUT2D eigenvalue weighted by Gasteiger charge is 2.48. The number of carbonyl (C=O) groups excluding carboxylic acids is 1. The molecule has 6 nitrogen and oxygen atoms in total. The van der Waals surface area contributed by atoms with Gasteiger partial charge in [0.1, 0.15) is 10.0 Å². The molecule has 0 unspecified atom stereocenters. The molecule has 4 rings (SSSR count). The van der Waals surface area contributed by atoms with E-state index >= 15 is 0 Å². The number of thiophene rings is 1. The molecule has 0 amide bonds. The van der Waals surface area contributed by atoms with Crippen LogP contribution in [-0.2, 0) is 20.3 Å². The molecule has 3 aromatic rings. The van der Waals surface area contributed by atoms with E-state index in [-0.39, 0.29) is 9.77 Å². The minimum absolute atomic E-state index is 0.0466. The Morgan fingerprint density at radius 2 is 2.03 bits per heavy atom. The number of methoxy groups -OCH3 is 1. The van der Waals surface area contributed by atoms with Gasteiger partial charge in [-0.05, 0) is 55.7 Å². The average molecular weight is 453 g/mol. The first-order valence-electron chi connectivity index (χ1n) is 8.68. The molecule has 1 aliphatic carbocycles. The monoisotopic (exact) mass is 452 g/mol. The second-order valence-electron chi connectivity index (χ2n) is 6.78. The summed E-state index contributed by atoms with van der Waals surface area (Å²) in [5.41, 5.74) is 0.275. The first kappa shape index (κ1) is 20.1. The van der Waals surface area contributed by atoms with Crippen LogP contribution in [0.3, 0.4) is 0 Å². The van der Waals surface area contributed by atoms with E-state index < -0.39 is 27.3 Å². The van der Waals surface area contributed by atoms with E-state index in [4.69, 9.17) is 0 Å². The second kappa shape index (κ2) is 7.28. The fourth-order valence-corrected chi connectivity index (χ4v) is 6.47. The lowest BCUT2D eigenvalue weighted by molar-refractivity contribution is 0.0600. The SMILES string of the molecule is COC(=O)c1cc(F)cc(C2(NS(=O)(=O)c3ccc(-c4csc(C)n4)s3)CC2)c1. The topological polar surface area (TPSA) is 85.4 Å². The van der Waals surface area contributed by atoms with E-state index in [0.29, 0.717) is 18.4 Å². The fraction of sp³-hybridized carbons (Fsp3) is 0.263. The molecule has 1 fully saturated rings.